The van der Waals surface area contributed by atoms with Gasteiger partial charge in [-0.3, -0.25) is 19.2 Å². The maximum Gasteiger partial charge on any atom is 0.326 e. The lowest BCUT2D eigenvalue weighted by Gasteiger charge is -2.26. The molecule has 0 aliphatic carbocycles. The van der Waals surface area contributed by atoms with Crippen molar-refractivity contribution in [1.82, 2.24) is 25.9 Å². The fraction of sp³-hybridized carbons (Fsp3) is 0.462. The minimum Gasteiger partial charge on any atom is -0.508 e. The zero-order chi connectivity index (χ0) is 29.8. The summed E-state index contributed by atoms with van der Waals surface area (Å²) in [6, 6.07) is 0.905. The maximum atomic E-state index is 13.3. The van der Waals surface area contributed by atoms with Crippen molar-refractivity contribution in [1.29, 1.82) is 0 Å². The predicted octanol–water partition coefficient (Wildman–Crippen LogP) is -0.322. The molecule has 0 bridgehead atoms. The number of aliphatic carboxylic acids is 2. The van der Waals surface area contributed by atoms with Crippen LogP contribution in [0.2, 0.25) is 0 Å². The summed E-state index contributed by atoms with van der Waals surface area (Å²) in [7, 11) is 0. The number of nitrogens with two attached hydrogens (primary N) is 1. The molecule has 0 radical (unpaired) electrons. The Bertz CT molecular complexity index is 1150. The highest BCUT2D eigenvalue weighted by atomic mass is 16.4. The number of phenols is 1. The number of amides is 3. The number of carboxylic acids is 2. The average molecular weight is 561 g/mol. The molecule has 0 saturated heterocycles. The van der Waals surface area contributed by atoms with Crippen molar-refractivity contribution in [3.05, 3.63) is 48.0 Å². The van der Waals surface area contributed by atoms with Crippen molar-refractivity contribution in [2.45, 2.75) is 70.1 Å². The minimum atomic E-state index is -1.35. The molecule has 2 aromatic rings. The lowest BCUT2D eigenvalue weighted by molar-refractivity contribution is -0.143. The highest BCUT2D eigenvalue weighted by Gasteiger charge is 2.32. The van der Waals surface area contributed by atoms with Gasteiger partial charge in [0.05, 0.1) is 12.4 Å². The van der Waals surface area contributed by atoms with Crippen LogP contribution in [-0.4, -0.2) is 79.1 Å². The molecular weight excluding hydrogens is 524 g/mol. The van der Waals surface area contributed by atoms with Crippen LogP contribution in [0.3, 0.4) is 0 Å². The van der Waals surface area contributed by atoms with Crippen molar-refractivity contribution in [3.8, 4) is 5.75 Å². The molecular formula is C26H36N6O8. The summed E-state index contributed by atoms with van der Waals surface area (Å²) in [5, 5.41) is 35.8. The van der Waals surface area contributed by atoms with E-state index in [9.17, 15) is 34.2 Å². The number of aromatic hydroxyl groups is 1. The number of carboxylic acid groups (broad SMARTS) is 2. The number of H-pyrrole nitrogens is 1. The topological polar surface area (TPSA) is 237 Å². The molecule has 1 aromatic carbocycles. The molecule has 0 spiro atoms. The van der Waals surface area contributed by atoms with Gasteiger partial charge in [-0.2, -0.15) is 0 Å². The molecule has 9 N–H and O–H groups in total. The lowest BCUT2D eigenvalue weighted by Crippen LogP contribution is -2.58. The average Bonchev–Trinajstić information content (AvgIpc) is 3.42. The van der Waals surface area contributed by atoms with Crippen LogP contribution in [0.15, 0.2) is 36.8 Å². The van der Waals surface area contributed by atoms with E-state index in [1.54, 1.807) is 13.8 Å². The fourth-order valence-electron chi connectivity index (χ4n) is 3.83. The number of aromatic amines is 1. The van der Waals surface area contributed by atoms with E-state index in [1.807, 2.05) is 0 Å². The molecule has 14 heteroatoms. The highest BCUT2D eigenvalue weighted by molar-refractivity contribution is 5.94. The largest absolute Gasteiger partial charge is 0.508 e. The predicted molar refractivity (Wildman–Crippen MR) is 142 cm³/mol. The molecule has 2 rings (SSSR count). The standard InChI is InChI=1S/C26H36N6O8/c1-3-14(2)22(26(39)40)32-25(38)20(10-15-4-6-17(33)7-5-15)31-24(37)19(8-9-21(34)35)30-23(36)18(27)11-16-12-28-13-29-16/h4-7,12-14,18-20,22,33H,3,8-11,27H2,1-2H3,(H,28,29)(H,30,36)(H,31,37)(H,32,38)(H,34,35)(H,39,40). The first-order chi connectivity index (χ1) is 18.9. The van der Waals surface area contributed by atoms with E-state index in [4.69, 9.17) is 10.8 Å². The Labute approximate surface area is 230 Å². The van der Waals surface area contributed by atoms with E-state index in [0.717, 1.165) is 0 Å². The molecule has 40 heavy (non-hydrogen) atoms. The van der Waals surface area contributed by atoms with Gasteiger partial charge in [-0.25, -0.2) is 9.78 Å². The molecule has 0 saturated carbocycles. The summed E-state index contributed by atoms with van der Waals surface area (Å²) >= 11 is 0. The van der Waals surface area contributed by atoms with Gasteiger partial charge in [-0.05, 0) is 30.0 Å². The number of hydrogen-bond acceptors (Lipinski definition) is 8. The van der Waals surface area contributed by atoms with Gasteiger partial charge in [-0.1, -0.05) is 32.4 Å². The maximum absolute atomic E-state index is 13.3. The summed E-state index contributed by atoms with van der Waals surface area (Å²) in [4.78, 5) is 68.9. The Morgan fingerprint density at radius 2 is 1.57 bits per heavy atom. The molecule has 5 atom stereocenters. The highest BCUT2D eigenvalue weighted by Crippen LogP contribution is 2.13. The molecule has 1 aromatic heterocycles. The van der Waals surface area contributed by atoms with Gasteiger partial charge in [-0.15, -0.1) is 0 Å². The van der Waals surface area contributed by atoms with Crippen molar-refractivity contribution < 1.29 is 39.3 Å². The smallest absolute Gasteiger partial charge is 0.326 e. The molecule has 14 nitrogen and oxygen atoms in total. The number of imidazole rings is 1. The zero-order valence-electron chi connectivity index (χ0n) is 22.3. The Morgan fingerprint density at radius 3 is 2.12 bits per heavy atom. The van der Waals surface area contributed by atoms with Crippen LogP contribution in [0, 0.1) is 5.92 Å². The molecule has 0 aliphatic rings. The Hall–Kier alpha value is -4.46. The third-order valence-electron chi connectivity index (χ3n) is 6.40. The van der Waals surface area contributed by atoms with Crippen molar-refractivity contribution >= 4 is 29.7 Å². The molecule has 218 valence electrons. The van der Waals surface area contributed by atoms with Crippen molar-refractivity contribution in [2.24, 2.45) is 11.7 Å². The number of nitrogens with zero attached hydrogens (tertiary/aromatic N) is 1. The number of nitrogens with one attached hydrogen (secondary N) is 4. The second-order valence-corrected chi connectivity index (χ2v) is 9.52. The Balaban J connectivity index is 2.25. The monoisotopic (exact) mass is 560 g/mol. The Morgan fingerprint density at radius 1 is 0.950 bits per heavy atom. The van der Waals surface area contributed by atoms with E-state index in [1.165, 1.54) is 36.8 Å². The summed E-state index contributed by atoms with van der Waals surface area (Å²) in [6.45, 7) is 3.44. The molecule has 3 amide bonds. The van der Waals surface area contributed by atoms with Gasteiger partial charge in [0.25, 0.3) is 0 Å². The number of benzene rings is 1. The number of carbonyl (C=O) groups excluding carboxylic acids is 3. The second-order valence-electron chi connectivity index (χ2n) is 9.52. The van der Waals surface area contributed by atoms with Crippen molar-refractivity contribution in [2.75, 3.05) is 0 Å². The number of rotatable bonds is 16. The number of aromatic nitrogens is 2. The zero-order valence-corrected chi connectivity index (χ0v) is 22.3. The van der Waals surface area contributed by atoms with E-state index >= 15 is 0 Å². The first kappa shape index (κ1) is 31.8. The van der Waals surface area contributed by atoms with Crippen LogP contribution < -0.4 is 21.7 Å². The Kier molecular flexibility index (Phi) is 12.1. The van der Waals surface area contributed by atoms with Gasteiger partial charge in [0, 0.05) is 31.2 Å². The quantitative estimate of drug-likeness (QED) is 0.133. The van der Waals surface area contributed by atoms with Crippen molar-refractivity contribution in [3.63, 3.8) is 0 Å². The summed E-state index contributed by atoms with van der Waals surface area (Å²) in [5.74, 6) is -5.22. The van der Waals surface area contributed by atoms with Crippen LogP contribution in [0.5, 0.6) is 5.75 Å². The van der Waals surface area contributed by atoms with Gasteiger partial charge >= 0.3 is 11.9 Å². The molecule has 1 heterocycles. The molecule has 0 aliphatic heterocycles. The molecule has 0 fully saturated rings. The van der Waals surface area contributed by atoms with Crippen LogP contribution >= 0.6 is 0 Å². The van der Waals surface area contributed by atoms with Gasteiger partial charge in [0.2, 0.25) is 17.7 Å². The van der Waals surface area contributed by atoms with E-state index in [2.05, 4.69) is 25.9 Å². The number of phenolic OH excluding ortho intramolecular Hbond substituents is 1. The lowest BCUT2D eigenvalue weighted by atomic mass is 9.98. The number of hydrogen-bond donors (Lipinski definition) is 8. The minimum absolute atomic E-state index is 0.0144. The fourth-order valence-corrected chi connectivity index (χ4v) is 3.83. The number of carbonyl (C=O) groups is 5. The van der Waals surface area contributed by atoms with Crippen LogP contribution in [0.1, 0.15) is 44.4 Å². The van der Waals surface area contributed by atoms with E-state index in [-0.39, 0.29) is 25.0 Å². The second kappa shape index (κ2) is 15.2. The van der Waals surface area contributed by atoms with E-state index < -0.39 is 66.2 Å². The third-order valence-corrected chi connectivity index (χ3v) is 6.40. The van der Waals surface area contributed by atoms with Gasteiger partial charge in [0.1, 0.15) is 23.9 Å². The summed E-state index contributed by atoms with van der Waals surface area (Å²) < 4.78 is 0. The third kappa shape index (κ3) is 10.0. The van der Waals surface area contributed by atoms with Gasteiger partial charge < -0.3 is 42.0 Å². The summed E-state index contributed by atoms with van der Waals surface area (Å²) in [5.41, 5.74) is 7.07. The normalized spacial score (nSPS) is 14.7. The first-order valence-corrected chi connectivity index (χ1v) is 12.8. The van der Waals surface area contributed by atoms with Gasteiger partial charge in [0.15, 0.2) is 0 Å². The van der Waals surface area contributed by atoms with Crippen LogP contribution in [-0.2, 0) is 36.8 Å². The first-order valence-electron chi connectivity index (χ1n) is 12.8. The van der Waals surface area contributed by atoms with Crippen LogP contribution in [0.25, 0.3) is 0 Å². The van der Waals surface area contributed by atoms with E-state index in [0.29, 0.717) is 17.7 Å². The summed E-state index contributed by atoms with van der Waals surface area (Å²) in [6.07, 6.45) is 2.62. The SMILES string of the molecule is CCC(C)C(NC(=O)C(Cc1ccc(O)cc1)NC(=O)C(CCC(=O)O)NC(=O)C(N)Cc1cnc[nH]1)C(=O)O. The van der Waals surface area contributed by atoms with Crippen LogP contribution in [0.4, 0.5) is 0 Å². The molecule has 5 unspecified atom stereocenters.